The Morgan fingerprint density at radius 3 is 2.62 bits per heavy atom. The Kier molecular flexibility index (Phi) is 5.91. The number of nitriles is 1. The number of amides is 1. The number of rotatable bonds is 3. The Morgan fingerprint density at radius 2 is 1.97 bits per heavy atom. The van der Waals surface area contributed by atoms with Gasteiger partial charge in [-0.2, -0.15) is 10.4 Å². The summed E-state index contributed by atoms with van der Waals surface area (Å²) in [6.45, 7) is 6.14. The van der Waals surface area contributed by atoms with E-state index in [2.05, 4.69) is 16.2 Å². The summed E-state index contributed by atoms with van der Waals surface area (Å²) in [5.74, 6) is 0. The molecule has 178 valence electrons. The average Bonchev–Trinajstić information content (AvgIpc) is 3.11. The van der Waals surface area contributed by atoms with Gasteiger partial charge in [0.05, 0.1) is 35.8 Å². The summed E-state index contributed by atoms with van der Waals surface area (Å²) in [6.07, 6.45) is 1.63. The van der Waals surface area contributed by atoms with E-state index < -0.39 is 17.3 Å². The molecule has 3 heterocycles. The molecule has 10 nitrogen and oxygen atoms in total. The molecule has 1 aliphatic heterocycles. The number of aliphatic hydroxyl groups is 1. The normalized spacial score (nSPS) is 15.8. The van der Waals surface area contributed by atoms with Gasteiger partial charge >= 0.3 is 6.09 Å². The van der Waals surface area contributed by atoms with Crippen LogP contribution in [0.15, 0.2) is 35.4 Å². The predicted molar refractivity (Wildman–Crippen MR) is 125 cm³/mol. The van der Waals surface area contributed by atoms with Gasteiger partial charge in [0, 0.05) is 25.7 Å². The first kappa shape index (κ1) is 23.4. The molecule has 0 spiro atoms. The Balaban J connectivity index is 1.56. The first-order valence-electron chi connectivity index (χ1n) is 11.1. The second-order valence-electron chi connectivity index (χ2n) is 9.73. The maximum absolute atomic E-state index is 13.2. The molecule has 1 fully saturated rings. The number of aryl methyl sites for hydroxylation is 1. The molecule has 3 aromatic rings. The first-order valence-corrected chi connectivity index (χ1v) is 11.1. The van der Waals surface area contributed by atoms with Gasteiger partial charge < -0.3 is 14.7 Å². The van der Waals surface area contributed by atoms with E-state index in [4.69, 9.17) is 4.74 Å². The quantitative estimate of drug-likeness (QED) is 0.631. The van der Waals surface area contributed by atoms with Gasteiger partial charge in [0.1, 0.15) is 11.1 Å². The van der Waals surface area contributed by atoms with Crippen LogP contribution in [0.25, 0.3) is 22.3 Å². The Bertz CT molecular complexity index is 1340. The van der Waals surface area contributed by atoms with Crippen molar-refractivity contribution >= 4 is 17.1 Å². The maximum Gasteiger partial charge on any atom is 0.410 e. The van der Waals surface area contributed by atoms with E-state index in [-0.39, 0.29) is 17.6 Å². The summed E-state index contributed by atoms with van der Waals surface area (Å²) in [4.78, 5) is 31.5. The van der Waals surface area contributed by atoms with Crippen molar-refractivity contribution in [1.29, 1.82) is 5.26 Å². The van der Waals surface area contributed by atoms with Crippen molar-refractivity contribution in [3.63, 3.8) is 0 Å². The number of nitrogens with zero attached hydrogens (tertiary/aromatic N) is 6. The van der Waals surface area contributed by atoms with Gasteiger partial charge in [0.15, 0.2) is 5.52 Å². The van der Waals surface area contributed by atoms with Crippen LogP contribution in [0.1, 0.15) is 39.2 Å². The molecule has 1 N–H and O–H groups in total. The zero-order chi connectivity index (χ0) is 24.7. The van der Waals surface area contributed by atoms with Crippen molar-refractivity contribution in [1.82, 2.24) is 24.2 Å². The fourth-order valence-electron chi connectivity index (χ4n) is 4.17. The lowest BCUT2D eigenvalue weighted by atomic mass is 9.91. The molecule has 0 radical (unpaired) electrons. The van der Waals surface area contributed by atoms with Crippen molar-refractivity contribution in [2.75, 3.05) is 13.1 Å². The smallest absolute Gasteiger partial charge is 0.410 e. The molecule has 0 atom stereocenters. The van der Waals surface area contributed by atoms with Gasteiger partial charge in [-0.25, -0.2) is 9.78 Å². The van der Waals surface area contributed by atoms with Gasteiger partial charge in [-0.1, -0.05) is 12.1 Å². The van der Waals surface area contributed by atoms with E-state index in [1.807, 2.05) is 26.8 Å². The van der Waals surface area contributed by atoms with E-state index in [0.717, 1.165) is 5.56 Å². The summed E-state index contributed by atoms with van der Waals surface area (Å²) in [5, 5.41) is 24.7. The number of carbonyl (C=O) groups excluding carboxylic acids is 1. The lowest BCUT2D eigenvalue weighted by molar-refractivity contribution is -0.0419. The number of hydrogen-bond acceptors (Lipinski definition) is 7. The minimum Gasteiger partial charge on any atom is -0.444 e. The first-order chi connectivity index (χ1) is 16.0. The van der Waals surface area contributed by atoms with E-state index in [9.17, 15) is 20.0 Å². The molecule has 0 aliphatic carbocycles. The number of benzene rings is 1. The van der Waals surface area contributed by atoms with Crippen LogP contribution >= 0.6 is 0 Å². The second kappa shape index (κ2) is 8.57. The van der Waals surface area contributed by atoms with E-state index >= 15 is 0 Å². The lowest BCUT2D eigenvalue weighted by Gasteiger charge is -2.38. The zero-order valence-electron chi connectivity index (χ0n) is 19.8. The van der Waals surface area contributed by atoms with Crippen LogP contribution in [0.4, 0.5) is 4.79 Å². The lowest BCUT2D eigenvalue weighted by Crippen LogP contribution is -2.50. The highest BCUT2D eigenvalue weighted by Crippen LogP contribution is 2.27. The van der Waals surface area contributed by atoms with Gasteiger partial charge in [-0.05, 0) is 45.7 Å². The average molecular weight is 465 g/mol. The highest BCUT2D eigenvalue weighted by molar-refractivity contribution is 5.89. The maximum atomic E-state index is 13.2. The number of aromatic nitrogens is 4. The Morgan fingerprint density at radius 1 is 1.26 bits per heavy atom. The SMILES string of the molecule is Cn1nc2c(=O)n(CC3(O)CCN(C(=O)OC(C)(C)C)CC3)cnc2c1-c1cccc(C#N)c1. The van der Waals surface area contributed by atoms with Crippen LogP contribution < -0.4 is 5.56 Å². The minimum absolute atomic E-state index is 0.0484. The summed E-state index contributed by atoms with van der Waals surface area (Å²) in [7, 11) is 1.72. The van der Waals surface area contributed by atoms with Crippen molar-refractivity contribution in [3.8, 4) is 17.3 Å². The van der Waals surface area contributed by atoms with Crippen LogP contribution in [-0.4, -0.2) is 59.7 Å². The third-order valence-corrected chi connectivity index (χ3v) is 5.89. The van der Waals surface area contributed by atoms with Gasteiger partial charge in [-0.3, -0.25) is 14.0 Å². The number of fused-ring (bicyclic) bond motifs is 1. The fourth-order valence-corrected chi connectivity index (χ4v) is 4.17. The number of likely N-dealkylation sites (tertiary alicyclic amines) is 1. The highest BCUT2D eigenvalue weighted by Gasteiger charge is 2.36. The fraction of sp³-hybridized carbons (Fsp3) is 0.458. The number of hydrogen-bond donors (Lipinski definition) is 1. The molecule has 0 unspecified atom stereocenters. The molecule has 1 aromatic carbocycles. The number of piperidine rings is 1. The van der Waals surface area contributed by atoms with E-state index in [1.54, 1.807) is 34.8 Å². The van der Waals surface area contributed by atoms with Crippen molar-refractivity contribution < 1.29 is 14.6 Å². The summed E-state index contributed by atoms with van der Waals surface area (Å²) in [5.41, 5.74) is 0.407. The second-order valence-corrected chi connectivity index (χ2v) is 9.73. The molecule has 4 rings (SSSR count). The Labute approximate surface area is 197 Å². The van der Waals surface area contributed by atoms with Gasteiger partial charge in [0.2, 0.25) is 0 Å². The summed E-state index contributed by atoms with van der Waals surface area (Å²) in [6, 6.07) is 9.15. The molecule has 34 heavy (non-hydrogen) atoms. The zero-order valence-corrected chi connectivity index (χ0v) is 19.8. The number of carbonyl (C=O) groups is 1. The minimum atomic E-state index is -1.16. The standard InChI is InChI=1S/C24H28N6O4/c1-23(2,3)34-22(32)29-10-8-24(33,9-11-29)14-30-15-26-18-19(21(30)31)27-28(4)20(18)17-7-5-6-16(12-17)13-25/h5-7,12,15,33H,8-11,14H2,1-4H3. The molecule has 10 heteroatoms. The van der Waals surface area contributed by atoms with Gasteiger partial charge in [-0.15, -0.1) is 0 Å². The topological polar surface area (TPSA) is 126 Å². The van der Waals surface area contributed by atoms with Crippen molar-refractivity contribution in [2.24, 2.45) is 7.05 Å². The van der Waals surface area contributed by atoms with Crippen molar-refractivity contribution in [3.05, 3.63) is 46.5 Å². The number of ether oxygens (including phenoxy) is 1. The van der Waals surface area contributed by atoms with E-state index in [1.165, 1.54) is 10.9 Å². The van der Waals surface area contributed by atoms with Crippen molar-refractivity contribution in [2.45, 2.75) is 51.4 Å². The molecule has 0 saturated carbocycles. The molecule has 2 aromatic heterocycles. The third-order valence-electron chi connectivity index (χ3n) is 5.89. The van der Waals surface area contributed by atoms with Crippen LogP contribution in [0.5, 0.6) is 0 Å². The van der Waals surface area contributed by atoms with Crippen LogP contribution in [0.2, 0.25) is 0 Å². The predicted octanol–water partition coefficient (Wildman–Crippen LogP) is 2.43. The summed E-state index contributed by atoms with van der Waals surface area (Å²) < 4.78 is 8.35. The molecule has 0 bridgehead atoms. The largest absolute Gasteiger partial charge is 0.444 e. The van der Waals surface area contributed by atoms with E-state index in [0.29, 0.717) is 42.7 Å². The molecule has 1 amide bonds. The molecule has 1 saturated heterocycles. The summed E-state index contributed by atoms with van der Waals surface area (Å²) >= 11 is 0. The monoisotopic (exact) mass is 464 g/mol. The highest BCUT2D eigenvalue weighted by atomic mass is 16.6. The third kappa shape index (κ3) is 4.65. The molecular weight excluding hydrogens is 436 g/mol. The van der Waals surface area contributed by atoms with Gasteiger partial charge in [0.25, 0.3) is 5.56 Å². The van der Waals surface area contributed by atoms with Crippen LogP contribution in [0.3, 0.4) is 0 Å². The van der Waals surface area contributed by atoms with Crippen LogP contribution in [0, 0.1) is 11.3 Å². The molecule has 1 aliphatic rings. The molecular formula is C24H28N6O4. The Hall–Kier alpha value is -3.71. The van der Waals surface area contributed by atoms with Crippen LogP contribution in [-0.2, 0) is 18.3 Å².